The van der Waals surface area contributed by atoms with Crippen molar-refractivity contribution in [2.75, 3.05) is 13.1 Å². The Balaban J connectivity index is 0.000000240. The molecule has 0 saturated heterocycles. The molecule has 0 unspecified atom stereocenters. The third kappa shape index (κ3) is 7.92. The molecule has 0 spiro atoms. The van der Waals surface area contributed by atoms with Crippen molar-refractivity contribution in [3.8, 4) is 0 Å². The lowest BCUT2D eigenvalue weighted by molar-refractivity contribution is 0.485. The Labute approximate surface area is 131 Å². The number of rotatable bonds is 7. The minimum absolute atomic E-state index is 0.0741. The maximum atomic E-state index is 10.4. The van der Waals surface area contributed by atoms with Gasteiger partial charge in [-0.25, -0.2) is 4.31 Å². The molecule has 2 heterocycles. The smallest absolute Gasteiger partial charge is 0.260 e. The standard InChI is InChI=1S/C11H21NS.C4H5NOS/c1-2-3-4-5-6-7-9-12-10-8-11-13-12;1-5-4(6)2-3-7-5/h8,11H,2-7,9-10H2,1H3;2-3H,1H3. The summed E-state index contributed by atoms with van der Waals surface area (Å²) in [5.74, 6) is 0. The van der Waals surface area contributed by atoms with E-state index in [-0.39, 0.29) is 5.56 Å². The second kappa shape index (κ2) is 11.2. The van der Waals surface area contributed by atoms with Crippen LogP contribution in [0.15, 0.2) is 27.7 Å². The summed E-state index contributed by atoms with van der Waals surface area (Å²) in [5, 5.41) is 3.96. The van der Waals surface area contributed by atoms with Crippen LogP contribution in [0.25, 0.3) is 0 Å². The highest BCUT2D eigenvalue weighted by molar-refractivity contribution is 8.00. The molecule has 0 aromatic carbocycles. The van der Waals surface area contributed by atoms with Crippen molar-refractivity contribution in [3.05, 3.63) is 33.3 Å². The lowest BCUT2D eigenvalue weighted by atomic mass is 10.1. The summed E-state index contributed by atoms with van der Waals surface area (Å²) in [6.07, 6.45) is 10.7. The molecule has 0 amide bonds. The summed E-state index contributed by atoms with van der Waals surface area (Å²) >= 11 is 3.27. The molecular formula is C15H26N2OS2. The summed E-state index contributed by atoms with van der Waals surface area (Å²) in [4.78, 5) is 10.4. The highest BCUT2D eigenvalue weighted by Crippen LogP contribution is 2.18. The van der Waals surface area contributed by atoms with Gasteiger partial charge in [-0.1, -0.05) is 68.6 Å². The van der Waals surface area contributed by atoms with Gasteiger partial charge < -0.3 is 0 Å². The van der Waals surface area contributed by atoms with E-state index in [0.29, 0.717) is 0 Å². The van der Waals surface area contributed by atoms with E-state index in [1.54, 1.807) is 22.5 Å². The average molecular weight is 315 g/mol. The zero-order valence-electron chi connectivity index (χ0n) is 12.6. The molecule has 1 aromatic rings. The van der Waals surface area contributed by atoms with Gasteiger partial charge in [-0.15, -0.1) is 0 Å². The molecule has 20 heavy (non-hydrogen) atoms. The first kappa shape index (κ1) is 17.5. The second-order valence-corrected chi connectivity index (χ2v) is 6.91. The van der Waals surface area contributed by atoms with Crippen LogP contribution in [0.5, 0.6) is 0 Å². The molecular weight excluding hydrogens is 288 g/mol. The number of aromatic nitrogens is 1. The Kier molecular flexibility index (Phi) is 9.79. The monoisotopic (exact) mass is 314 g/mol. The molecule has 1 aliphatic heterocycles. The number of unbranched alkanes of at least 4 members (excludes halogenated alkanes) is 5. The van der Waals surface area contributed by atoms with Gasteiger partial charge in [0.2, 0.25) is 0 Å². The third-order valence-corrected chi connectivity index (χ3v) is 4.81. The van der Waals surface area contributed by atoms with E-state index in [9.17, 15) is 4.79 Å². The Morgan fingerprint density at radius 3 is 2.45 bits per heavy atom. The topological polar surface area (TPSA) is 25.2 Å². The fraction of sp³-hybridized carbons (Fsp3) is 0.667. The maximum absolute atomic E-state index is 10.4. The van der Waals surface area contributed by atoms with Gasteiger partial charge in [-0.2, -0.15) is 0 Å². The Bertz CT molecular complexity index is 418. The molecule has 0 aliphatic carbocycles. The van der Waals surface area contributed by atoms with Gasteiger partial charge in [-0.3, -0.25) is 8.75 Å². The number of hydrogen-bond donors (Lipinski definition) is 0. The predicted molar refractivity (Wildman–Crippen MR) is 91.2 cm³/mol. The highest BCUT2D eigenvalue weighted by Gasteiger charge is 2.05. The average Bonchev–Trinajstić information content (AvgIpc) is 3.08. The first-order valence-corrected chi connectivity index (χ1v) is 9.09. The van der Waals surface area contributed by atoms with Crippen molar-refractivity contribution < 1.29 is 0 Å². The van der Waals surface area contributed by atoms with E-state index < -0.39 is 0 Å². The first-order chi connectivity index (χ1) is 9.74. The second-order valence-electron chi connectivity index (χ2n) is 4.88. The van der Waals surface area contributed by atoms with Crippen LogP contribution < -0.4 is 5.56 Å². The van der Waals surface area contributed by atoms with E-state index in [0.717, 1.165) is 6.54 Å². The van der Waals surface area contributed by atoms with Crippen molar-refractivity contribution in [2.24, 2.45) is 7.05 Å². The fourth-order valence-electron chi connectivity index (χ4n) is 1.88. The van der Waals surface area contributed by atoms with Gasteiger partial charge >= 0.3 is 0 Å². The van der Waals surface area contributed by atoms with Gasteiger partial charge in [0, 0.05) is 31.6 Å². The zero-order chi connectivity index (χ0) is 14.6. The van der Waals surface area contributed by atoms with Crippen LogP contribution >= 0.6 is 23.5 Å². The van der Waals surface area contributed by atoms with Crippen LogP contribution in [0.2, 0.25) is 0 Å². The molecule has 0 N–H and O–H groups in total. The lowest BCUT2D eigenvalue weighted by Gasteiger charge is -2.12. The molecule has 5 heteroatoms. The first-order valence-electron chi connectivity index (χ1n) is 7.41. The molecule has 114 valence electrons. The van der Waals surface area contributed by atoms with Crippen LogP contribution in [-0.2, 0) is 7.05 Å². The van der Waals surface area contributed by atoms with Crippen LogP contribution in [0.4, 0.5) is 0 Å². The van der Waals surface area contributed by atoms with Crippen molar-refractivity contribution in [2.45, 2.75) is 45.4 Å². The minimum Gasteiger partial charge on any atom is -0.268 e. The number of nitrogens with zero attached hydrogens (tertiary/aromatic N) is 2. The molecule has 0 saturated carbocycles. The minimum atomic E-state index is 0.0741. The summed E-state index contributed by atoms with van der Waals surface area (Å²) in [6.45, 7) is 4.69. The molecule has 0 atom stereocenters. The van der Waals surface area contributed by atoms with E-state index in [4.69, 9.17) is 0 Å². The van der Waals surface area contributed by atoms with Crippen LogP contribution in [0, 0.1) is 0 Å². The predicted octanol–water partition coefficient (Wildman–Crippen LogP) is 4.27. The largest absolute Gasteiger partial charge is 0.268 e. The third-order valence-electron chi connectivity index (χ3n) is 3.12. The zero-order valence-corrected chi connectivity index (χ0v) is 14.2. The molecule has 0 fully saturated rings. The van der Waals surface area contributed by atoms with Crippen LogP contribution in [0.1, 0.15) is 45.4 Å². The lowest BCUT2D eigenvalue weighted by Crippen LogP contribution is -2.12. The summed E-state index contributed by atoms with van der Waals surface area (Å²) in [7, 11) is 1.74. The summed E-state index contributed by atoms with van der Waals surface area (Å²) < 4.78 is 4.00. The number of aryl methyl sites for hydroxylation is 1. The van der Waals surface area contributed by atoms with Crippen molar-refractivity contribution in [1.82, 2.24) is 8.26 Å². The van der Waals surface area contributed by atoms with Crippen LogP contribution in [-0.4, -0.2) is 21.4 Å². The van der Waals surface area contributed by atoms with Crippen molar-refractivity contribution in [1.29, 1.82) is 0 Å². The molecule has 1 aliphatic rings. The molecule has 1 aromatic heterocycles. The Morgan fingerprint density at radius 1 is 1.20 bits per heavy atom. The molecule has 0 bridgehead atoms. The SMILES string of the molecule is CCCCCCCCN1CC=CS1.Cn1sccc1=O. The van der Waals surface area contributed by atoms with E-state index in [1.807, 2.05) is 11.9 Å². The van der Waals surface area contributed by atoms with E-state index in [2.05, 4.69) is 22.7 Å². The highest BCUT2D eigenvalue weighted by atomic mass is 32.2. The Hall–Kier alpha value is -0.520. The summed E-state index contributed by atoms with van der Waals surface area (Å²) in [5.41, 5.74) is 0.0741. The molecule has 3 nitrogen and oxygen atoms in total. The quantitative estimate of drug-likeness (QED) is 0.555. The maximum Gasteiger partial charge on any atom is 0.260 e. The van der Waals surface area contributed by atoms with Gasteiger partial charge in [0.15, 0.2) is 0 Å². The normalized spacial score (nSPS) is 14.3. The molecule has 2 rings (SSSR count). The summed E-state index contributed by atoms with van der Waals surface area (Å²) in [6, 6.07) is 1.55. The number of hydrogen-bond acceptors (Lipinski definition) is 4. The van der Waals surface area contributed by atoms with Gasteiger partial charge in [0.1, 0.15) is 0 Å². The Morgan fingerprint density at radius 2 is 1.95 bits per heavy atom. The van der Waals surface area contributed by atoms with Crippen molar-refractivity contribution >= 4 is 23.5 Å². The van der Waals surface area contributed by atoms with Gasteiger partial charge in [0.05, 0.1) is 0 Å². The van der Waals surface area contributed by atoms with Gasteiger partial charge in [-0.05, 0) is 11.8 Å². The van der Waals surface area contributed by atoms with E-state index >= 15 is 0 Å². The van der Waals surface area contributed by atoms with Crippen molar-refractivity contribution in [3.63, 3.8) is 0 Å². The molecule has 0 radical (unpaired) electrons. The fourth-order valence-corrected chi connectivity index (χ4v) is 3.16. The van der Waals surface area contributed by atoms with Crippen LogP contribution in [0.3, 0.4) is 0 Å². The van der Waals surface area contributed by atoms with Gasteiger partial charge in [0.25, 0.3) is 5.56 Å². The van der Waals surface area contributed by atoms with E-state index in [1.165, 1.54) is 56.6 Å².